The number of carbonyl (C=O) groups excluding carboxylic acids is 1. The minimum Gasteiger partial charge on any atom is -0.274 e. The van der Waals surface area contributed by atoms with Gasteiger partial charge in [-0.3, -0.25) is 4.79 Å². The van der Waals surface area contributed by atoms with Crippen LogP contribution in [0.25, 0.3) is 0 Å². The van der Waals surface area contributed by atoms with Crippen LogP contribution in [0.5, 0.6) is 0 Å². The number of hydrogen-bond acceptors (Lipinski definition) is 3. The third kappa shape index (κ3) is 3.03. The molecule has 1 aromatic carbocycles. The van der Waals surface area contributed by atoms with E-state index in [-0.39, 0.29) is 10.8 Å². The molecule has 1 N–H and O–H groups in total. The van der Waals surface area contributed by atoms with Gasteiger partial charge >= 0.3 is 0 Å². The summed E-state index contributed by atoms with van der Waals surface area (Å²) in [5.74, 6) is -0.575. The van der Waals surface area contributed by atoms with Crippen LogP contribution in [0.15, 0.2) is 29.2 Å². The first-order valence-electron chi connectivity index (χ1n) is 5.81. The summed E-state index contributed by atoms with van der Waals surface area (Å²) in [5, 5.41) is 0.455. The molecule has 0 atom stereocenters. The molecule has 0 aromatic heterocycles. The van der Waals surface area contributed by atoms with Gasteiger partial charge in [0, 0.05) is 10.9 Å². The highest BCUT2D eigenvalue weighted by atomic mass is 35.5. The van der Waals surface area contributed by atoms with Gasteiger partial charge in [-0.25, -0.2) is 13.1 Å². The Labute approximate surface area is 111 Å². The molecule has 1 saturated carbocycles. The molecule has 0 saturated heterocycles. The SMILES string of the molecule is O=C(NS(=O)(=O)c1ccc(Cl)cc1)C1CCCC1. The number of rotatable bonds is 3. The summed E-state index contributed by atoms with van der Waals surface area (Å²) in [6.07, 6.45) is 3.50. The minimum atomic E-state index is -3.77. The lowest BCUT2D eigenvalue weighted by Gasteiger charge is -2.10. The summed E-state index contributed by atoms with van der Waals surface area (Å²) >= 11 is 5.69. The van der Waals surface area contributed by atoms with Crippen LogP contribution in [0.4, 0.5) is 0 Å². The van der Waals surface area contributed by atoms with Gasteiger partial charge in [0.2, 0.25) is 5.91 Å². The Hall–Kier alpha value is -1.07. The standard InChI is InChI=1S/C12H14ClNO3S/c13-10-5-7-11(8-6-10)18(16,17)14-12(15)9-3-1-2-4-9/h5-9H,1-4H2,(H,14,15). The normalized spacial score (nSPS) is 16.7. The fourth-order valence-corrected chi connectivity index (χ4v) is 3.25. The van der Waals surface area contributed by atoms with E-state index in [2.05, 4.69) is 4.72 Å². The van der Waals surface area contributed by atoms with Gasteiger partial charge in [-0.15, -0.1) is 0 Å². The zero-order valence-electron chi connectivity index (χ0n) is 9.73. The second-order valence-electron chi connectivity index (χ2n) is 4.41. The number of carbonyl (C=O) groups is 1. The van der Waals surface area contributed by atoms with Crippen molar-refractivity contribution in [1.82, 2.24) is 4.72 Å². The topological polar surface area (TPSA) is 63.2 Å². The third-order valence-corrected chi connectivity index (χ3v) is 4.70. The summed E-state index contributed by atoms with van der Waals surface area (Å²) in [4.78, 5) is 11.8. The highest BCUT2D eigenvalue weighted by Gasteiger charge is 2.26. The van der Waals surface area contributed by atoms with E-state index in [9.17, 15) is 13.2 Å². The van der Waals surface area contributed by atoms with Gasteiger partial charge < -0.3 is 0 Å². The van der Waals surface area contributed by atoms with Gasteiger partial charge in [-0.1, -0.05) is 24.4 Å². The Kier molecular flexibility index (Phi) is 3.92. The van der Waals surface area contributed by atoms with E-state index < -0.39 is 15.9 Å². The maximum atomic E-state index is 11.9. The quantitative estimate of drug-likeness (QED) is 0.928. The first-order valence-corrected chi connectivity index (χ1v) is 7.67. The molecule has 0 radical (unpaired) electrons. The Balaban J connectivity index is 2.11. The molecule has 1 aliphatic carbocycles. The van der Waals surface area contributed by atoms with Crippen molar-refractivity contribution in [2.45, 2.75) is 30.6 Å². The molecule has 0 spiro atoms. The summed E-state index contributed by atoms with van der Waals surface area (Å²) in [5.41, 5.74) is 0. The zero-order chi connectivity index (χ0) is 13.2. The minimum absolute atomic E-state index is 0.0539. The molecule has 1 fully saturated rings. The Morgan fingerprint density at radius 3 is 2.28 bits per heavy atom. The number of benzene rings is 1. The average Bonchev–Trinajstić information content (AvgIpc) is 2.82. The molecule has 18 heavy (non-hydrogen) atoms. The highest BCUT2D eigenvalue weighted by molar-refractivity contribution is 7.90. The summed E-state index contributed by atoms with van der Waals surface area (Å²) in [6.45, 7) is 0. The lowest BCUT2D eigenvalue weighted by atomic mass is 10.1. The molecule has 6 heteroatoms. The van der Waals surface area contributed by atoms with Crippen molar-refractivity contribution in [2.24, 2.45) is 5.92 Å². The van der Waals surface area contributed by atoms with Crippen LogP contribution in [0, 0.1) is 5.92 Å². The highest BCUT2D eigenvalue weighted by Crippen LogP contribution is 2.25. The second kappa shape index (κ2) is 5.28. The Morgan fingerprint density at radius 1 is 1.17 bits per heavy atom. The van der Waals surface area contributed by atoms with Gasteiger partial charge in [-0.05, 0) is 37.1 Å². The van der Waals surface area contributed by atoms with E-state index in [4.69, 9.17) is 11.6 Å². The third-order valence-electron chi connectivity index (χ3n) is 3.08. The number of hydrogen-bond donors (Lipinski definition) is 1. The molecule has 98 valence electrons. The molecule has 1 aromatic rings. The van der Waals surface area contributed by atoms with Crippen molar-refractivity contribution >= 4 is 27.5 Å². The molecule has 4 nitrogen and oxygen atoms in total. The fraction of sp³-hybridized carbons (Fsp3) is 0.417. The van der Waals surface area contributed by atoms with Crippen molar-refractivity contribution in [3.63, 3.8) is 0 Å². The molecule has 1 amide bonds. The van der Waals surface area contributed by atoms with Crippen molar-refractivity contribution in [3.05, 3.63) is 29.3 Å². The smallest absolute Gasteiger partial charge is 0.264 e. The molecule has 0 unspecified atom stereocenters. The van der Waals surface area contributed by atoms with Crippen molar-refractivity contribution < 1.29 is 13.2 Å². The Bertz CT molecular complexity index is 533. The molecule has 0 aliphatic heterocycles. The van der Waals surface area contributed by atoms with Gasteiger partial charge in [0.15, 0.2) is 0 Å². The van der Waals surface area contributed by atoms with Crippen LogP contribution in [0.3, 0.4) is 0 Å². The van der Waals surface area contributed by atoms with Gasteiger partial charge in [0.1, 0.15) is 0 Å². The van der Waals surface area contributed by atoms with E-state index >= 15 is 0 Å². The lowest BCUT2D eigenvalue weighted by molar-refractivity contribution is -0.122. The van der Waals surface area contributed by atoms with E-state index in [1.165, 1.54) is 24.3 Å². The maximum Gasteiger partial charge on any atom is 0.264 e. The maximum absolute atomic E-state index is 11.9. The van der Waals surface area contributed by atoms with Crippen LogP contribution in [0.1, 0.15) is 25.7 Å². The van der Waals surface area contributed by atoms with Crippen LogP contribution in [0.2, 0.25) is 5.02 Å². The molecule has 0 heterocycles. The predicted molar refractivity (Wildman–Crippen MR) is 68.7 cm³/mol. The summed E-state index contributed by atoms with van der Waals surface area (Å²) < 4.78 is 26.0. The number of nitrogens with one attached hydrogen (secondary N) is 1. The number of sulfonamides is 1. The van der Waals surface area contributed by atoms with Crippen molar-refractivity contribution in [2.75, 3.05) is 0 Å². The van der Waals surface area contributed by atoms with Crippen LogP contribution < -0.4 is 4.72 Å². The second-order valence-corrected chi connectivity index (χ2v) is 6.52. The molecule has 1 aliphatic rings. The van der Waals surface area contributed by atoms with Crippen LogP contribution >= 0.6 is 11.6 Å². The lowest BCUT2D eigenvalue weighted by Crippen LogP contribution is -2.34. The summed E-state index contributed by atoms with van der Waals surface area (Å²) in [6, 6.07) is 5.73. The van der Waals surface area contributed by atoms with E-state index in [0.29, 0.717) is 5.02 Å². The first-order chi connectivity index (χ1) is 8.49. The van der Waals surface area contributed by atoms with E-state index in [1.807, 2.05) is 0 Å². The largest absolute Gasteiger partial charge is 0.274 e. The molecular formula is C12H14ClNO3S. The number of amides is 1. The first kappa shape index (κ1) is 13.4. The molecule has 0 bridgehead atoms. The zero-order valence-corrected chi connectivity index (χ0v) is 11.3. The number of halogens is 1. The van der Waals surface area contributed by atoms with Gasteiger partial charge in [0.25, 0.3) is 10.0 Å². The molecular weight excluding hydrogens is 274 g/mol. The van der Waals surface area contributed by atoms with Crippen LogP contribution in [-0.4, -0.2) is 14.3 Å². The van der Waals surface area contributed by atoms with E-state index in [0.717, 1.165) is 25.7 Å². The van der Waals surface area contributed by atoms with Crippen LogP contribution in [-0.2, 0) is 14.8 Å². The van der Waals surface area contributed by atoms with Gasteiger partial charge in [0.05, 0.1) is 4.90 Å². The Morgan fingerprint density at radius 2 is 1.72 bits per heavy atom. The monoisotopic (exact) mass is 287 g/mol. The average molecular weight is 288 g/mol. The van der Waals surface area contributed by atoms with Crippen molar-refractivity contribution in [3.8, 4) is 0 Å². The van der Waals surface area contributed by atoms with Crippen molar-refractivity contribution in [1.29, 1.82) is 0 Å². The molecule has 2 rings (SSSR count). The predicted octanol–water partition coefficient (Wildman–Crippen LogP) is 2.34. The van der Waals surface area contributed by atoms with E-state index in [1.54, 1.807) is 0 Å². The fourth-order valence-electron chi connectivity index (χ4n) is 2.08. The van der Waals surface area contributed by atoms with Gasteiger partial charge in [-0.2, -0.15) is 0 Å². The summed E-state index contributed by atoms with van der Waals surface area (Å²) in [7, 11) is -3.77.